The normalized spacial score (nSPS) is 13.9. The Morgan fingerprint density at radius 1 is 1.12 bits per heavy atom. The molecule has 0 aromatic heterocycles. The second-order valence-electron chi connectivity index (χ2n) is 6.18. The molecule has 0 aliphatic heterocycles. The number of ether oxygens (including phenoxy) is 1. The molecule has 0 unspecified atom stereocenters. The maximum Gasteiger partial charge on any atom is 0.407 e. The Hall–Kier alpha value is -1.56. The fraction of sp³-hybridized carbons (Fsp3) is 0.350. The lowest BCUT2D eigenvalue weighted by Crippen LogP contribution is -2.27. The molecule has 2 aromatic rings. The molecule has 3 nitrogen and oxygen atoms in total. The Morgan fingerprint density at radius 3 is 2.29 bits per heavy atom. The topological polar surface area (TPSA) is 38.3 Å². The van der Waals surface area contributed by atoms with Crippen LogP contribution in [0.3, 0.4) is 0 Å². The van der Waals surface area contributed by atoms with Gasteiger partial charge in [0.15, 0.2) is 0 Å². The molecule has 0 radical (unpaired) electrons. The van der Waals surface area contributed by atoms with E-state index in [0.717, 1.165) is 12.8 Å². The lowest BCUT2D eigenvalue weighted by molar-refractivity contribution is 0.143. The molecule has 2 aromatic carbocycles. The highest BCUT2D eigenvalue weighted by atomic mass is 127. The van der Waals surface area contributed by atoms with Crippen LogP contribution in [0, 0.1) is 0 Å². The summed E-state index contributed by atoms with van der Waals surface area (Å²) < 4.78 is 6.13. The van der Waals surface area contributed by atoms with E-state index >= 15 is 0 Å². The molecular weight excluding hydrogens is 413 g/mol. The first kappa shape index (κ1) is 17.3. The molecule has 1 atom stereocenters. The lowest BCUT2D eigenvalue weighted by atomic mass is 9.98. The average Bonchev–Trinajstić information content (AvgIpc) is 2.91. The smallest absolute Gasteiger partial charge is 0.407 e. The summed E-state index contributed by atoms with van der Waals surface area (Å²) in [5, 5.41) is 2.85. The van der Waals surface area contributed by atoms with E-state index in [2.05, 4.69) is 71.2 Å². The van der Waals surface area contributed by atoms with Crippen LogP contribution in [0.4, 0.5) is 4.79 Å². The van der Waals surface area contributed by atoms with Crippen LogP contribution in [0.5, 0.6) is 0 Å². The van der Waals surface area contributed by atoms with Crippen LogP contribution in [0.2, 0.25) is 0 Å². The minimum Gasteiger partial charge on any atom is -0.449 e. The Bertz CT molecular complexity index is 669. The van der Waals surface area contributed by atoms with Gasteiger partial charge in [-0.25, -0.2) is 4.79 Å². The molecule has 0 saturated carbocycles. The van der Waals surface area contributed by atoms with Crippen molar-refractivity contribution in [3.05, 3.63) is 59.7 Å². The molecule has 1 aliphatic rings. The second kappa shape index (κ2) is 8.01. The molecule has 0 heterocycles. The van der Waals surface area contributed by atoms with Gasteiger partial charge in [-0.2, -0.15) is 0 Å². The third-order valence-electron chi connectivity index (χ3n) is 4.39. The van der Waals surface area contributed by atoms with Gasteiger partial charge in [-0.15, -0.1) is 0 Å². The van der Waals surface area contributed by atoms with E-state index in [9.17, 15) is 4.79 Å². The minimum atomic E-state index is -0.321. The van der Waals surface area contributed by atoms with Crippen LogP contribution in [-0.4, -0.2) is 23.2 Å². The van der Waals surface area contributed by atoms with Gasteiger partial charge in [-0.3, -0.25) is 0 Å². The van der Waals surface area contributed by atoms with Crippen molar-refractivity contribution in [1.82, 2.24) is 5.32 Å². The van der Waals surface area contributed by atoms with Gasteiger partial charge in [0, 0.05) is 16.4 Å². The summed E-state index contributed by atoms with van der Waals surface area (Å²) in [5.41, 5.74) is 4.98. The first-order valence-corrected chi connectivity index (χ1v) is 9.64. The van der Waals surface area contributed by atoms with Crippen molar-refractivity contribution >= 4 is 28.7 Å². The molecule has 0 saturated heterocycles. The minimum absolute atomic E-state index is 0.123. The van der Waals surface area contributed by atoms with Crippen LogP contribution < -0.4 is 5.32 Å². The number of benzene rings is 2. The number of amides is 1. The van der Waals surface area contributed by atoms with E-state index in [4.69, 9.17) is 4.74 Å². The zero-order chi connectivity index (χ0) is 16.9. The molecular formula is C20H22INO2. The number of nitrogens with one attached hydrogen (secondary N) is 1. The average molecular weight is 435 g/mol. The molecule has 1 aliphatic carbocycles. The molecule has 1 amide bonds. The van der Waals surface area contributed by atoms with Crippen molar-refractivity contribution in [2.75, 3.05) is 13.2 Å². The second-order valence-corrected chi connectivity index (χ2v) is 8.30. The van der Waals surface area contributed by atoms with Gasteiger partial charge in [-0.05, 0) is 35.1 Å². The third kappa shape index (κ3) is 3.91. The first-order valence-electron chi connectivity index (χ1n) is 8.39. The number of carbonyl (C=O) groups excluding carboxylic acids is 1. The Morgan fingerprint density at radius 2 is 1.71 bits per heavy atom. The van der Waals surface area contributed by atoms with E-state index in [0.29, 0.717) is 17.1 Å². The highest BCUT2D eigenvalue weighted by molar-refractivity contribution is 14.1. The standard InChI is InChI=1S/C20H22INO2/c1-14(21)7-6-12-22-20(23)24-13-19-17-10-4-2-8-15(17)16-9-3-5-11-18(16)19/h2-5,8-11,14,19H,6-7,12-13H2,1H3,(H,22,23)/t14-/m0/s1. The molecule has 4 heteroatoms. The number of alkyl carbamates (subject to hydrolysis) is 1. The molecule has 3 rings (SSSR count). The first-order chi connectivity index (χ1) is 11.7. The SMILES string of the molecule is C[C@H](I)CCCNC(=O)OCC1c2ccccc2-c2ccccc21. The van der Waals surface area contributed by atoms with Gasteiger partial charge in [0.25, 0.3) is 0 Å². The Labute approximate surface area is 156 Å². The maximum absolute atomic E-state index is 11.9. The van der Waals surface area contributed by atoms with Crippen LogP contribution in [-0.2, 0) is 4.74 Å². The van der Waals surface area contributed by atoms with Gasteiger partial charge in [0.05, 0.1) is 0 Å². The monoisotopic (exact) mass is 435 g/mol. The van der Waals surface area contributed by atoms with Crippen molar-refractivity contribution in [1.29, 1.82) is 0 Å². The lowest BCUT2D eigenvalue weighted by Gasteiger charge is -2.14. The summed E-state index contributed by atoms with van der Waals surface area (Å²) in [7, 11) is 0. The van der Waals surface area contributed by atoms with E-state index in [1.54, 1.807) is 0 Å². The van der Waals surface area contributed by atoms with Crippen LogP contribution in [0.1, 0.15) is 36.8 Å². The molecule has 0 bridgehead atoms. The van der Waals surface area contributed by atoms with Crippen LogP contribution >= 0.6 is 22.6 Å². The number of hydrogen-bond donors (Lipinski definition) is 1. The Kier molecular flexibility index (Phi) is 5.76. The molecule has 0 fully saturated rings. The summed E-state index contributed by atoms with van der Waals surface area (Å²) >= 11 is 2.40. The summed E-state index contributed by atoms with van der Waals surface area (Å²) in [5.74, 6) is 0.123. The third-order valence-corrected chi connectivity index (χ3v) is 5.01. The van der Waals surface area contributed by atoms with E-state index in [-0.39, 0.29) is 12.0 Å². The highest BCUT2D eigenvalue weighted by Gasteiger charge is 2.28. The molecule has 0 spiro atoms. The Balaban J connectivity index is 1.60. The quantitative estimate of drug-likeness (QED) is 0.388. The van der Waals surface area contributed by atoms with Gasteiger partial charge in [0.1, 0.15) is 6.61 Å². The largest absolute Gasteiger partial charge is 0.449 e. The maximum atomic E-state index is 11.9. The van der Waals surface area contributed by atoms with Gasteiger partial charge < -0.3 is 10.1 Å². The van der Waals surface area contributed by atoms with Gasteiger partial charge in [-0.1, -0.05) is 78.0 Å². The van der Waals surface area contributed by atoms with Gasteiger partial charge in [0.2, 0.25) is 0 Å². The van der Waals surface area contributed by atoms with Crippen molar-refractivity contribution in [3.63, 3.8) is 0 Å². The number of halogens is 1. The molecule has 1 N–H and O–H groups in total. The predicted octanol–water partition coefficient (Wildman–Crippen LogP) is 5.13. The number of fused-ring (bicyclic) bond motifs is 3. The predicted molar refractivity (Wildman–Crippen MR) is 106 cm³/mol. The fourth-order valence-electron chi connectivity index (χ4n) is 3.22. The zero-order valence-corrected chi connectivity index (χ0v) is 16.0. The zero-order valence-electron chi connectivity index (χ0n) is 13.8. The highest BCUT2D eigenvalue weighted by Crippen LogP contribution is 2.44. The van der Waals surface area contributed by atoms with Crippen molar-refractivity contribution in [2.45, 2.75) is 29.6 Å². The number of alkyl halides is 1. The van der Waals surface area contributed by atoms with E-state index in [1.165, 1.54) is 22.3 Å². The van der Waals surface area contributed by atoms with Crippen LogP contribution in [0.25, 0.3) is 11.1 Å². The van der Waals surface area contributed by atoms with Crippen molar-refractivity contribution in [2.24, 2.45) is 0 Å². The molecule has 126 valence electrons. The van der Waals surface area contributed by atoms with E-state index in [1.807, 2.05) is 12.1 Å². The van der Waals surface area contributed by atoms with Crippen molar-refractivity contribution in [3.8, 4) is 11.1 Å². The number of rotatable bonds is 6. The number of hydrogen-bond acceptors (Lipinski definition) is 2. The van der Waals surface area contributed by atoms with Gasteiger partial charge >= 0.3 is 6.09 Å². The van der Waals surface area contributed by atoms with Crippen molar-refractivity contribution < 1.29 is 9.53 Å². The fourth-order valence-corrected chi connectivity index (χ4v) is 3.66. The van der Waals surface area contributed by atoms with Crippen LogP contribution in [0.15, 0.2) is 48.5 Å². The summed E-state index contributed by atoms with van der Waals surface area (Å²) in [6.45, 7) is 3.22. The summed E-state index contributed by atoms with van der Waals surface area (Å²) in [6, 6.07) is 16.7. The summed E-state index contributed by atoms with van der Waals surface area (Å²) in [4.78, 5) is 11.9. The van der Waals surface area contributed by atoms with E-state index < -0.39 is 0 Å². The molecule has 24 heavy (non-hydrogen) atoms. The summed E-state index contributed by atoms with van der Waals surface area (Å²) in [6.07, 6.45) is 1.76. The number of carbonyl (C=O) groups is 1.